The van der Waals surface area contributed by atoms with Crippen molar-refractivity contribution in [3.8, 4) is 0 Å². The smallest absolute Gasteiger partial charge is 0.188 e. The summed E-state index contributed by atoms with van der Waals surface area (Å²) >= 11 is 0. The van der Waals surface area contributed by atoms with Crippen LogP contribution < -0.4 is 11.1 Å². The number of aliphatic imine (C=N–C) groups is 1. The molecule has 1 aliphatic heterocycles. The molecule has 0 bridgehead atoms. The van der Waals surface area contributed by atoms with Gasteiger partial charge in [-0.25, -0.2) is 0 Å². The van der Waals surface area contributed by atoms with Crippen molar-refractivity contribution in [2.75, 3.05) is 26.3 Å². The van der Waals surface area contributed by atoms with Gasteiger partial charge in [-0.3, -0.25) is 4.99 Å². The lowest BCUT2D eigenvalue weighted by Crippen LogP contribution is -2.37. The van der Waals surface area contributed by atoms with Gasteiger partial charge >= 0.3 is 0 Å². The largest absolute Gasteiger partial charge is 0.381 e. The van der Waals surface area contributed by atoms with E-state index in [1.807, 2.05) is 0 Å². The second-order valence-corrected chi connectivity index (χ2v) is 4.99. The Bertz CT molecular complexity index is 232. The van der Waals surface area contributed by atoms with E-state index in [2.05, 4.69) is 10.3 Å². The van der Waals surface area contributed by atoms with E-state index >= 15 is 0 Å². The van der Waals surface area contributed by atoms with Crippen molar-refractivity contribution in [2.45, 2.75) is 32.1 Å². The maximum atomic E-state index is 5.82. The Hall–Kier alpha value is -0.770. The minimum atomic E-state index is 0.567. The summed E-state index contributed by atoms with van der Waals surface area (Å²) in [6, 6.07) is 0. The van der Waals surface area contributed by atoms with E-state index in [0.717, 1.165) is 38.6 Å². The number of rotatable bonds is 4. The Labute approximate surface area is 97.6 Å². The molecule has 2 aliphatic rings. The third kappa shape index (κ3) is 3.67. The summed E-state index contributed by atoms with van der Waals surface area (Å²) in [5.41, 5.74) is 5.82. The van der Waals surface area contributed by atoms with Crippen LogP contribution in [0, 0.1) is 11.8 Å². The lowest BCUT2D eigenvalue weighted by Gasteiger charge is -2.25. The van der Waals surface area contributed by atoms with Crippen molar-refractivity contribution < 1.29 is 4.74 Å². The maximum Gasteiger partial charge on any atom is 0.188 e. The number of nitrogens with two attached hydrogens (primary N) is 1. The summed E-state index contributed by atoms with van der Waals surface area (Å²) in [5.74, 6) is 2.00. The molecule has 0 aromatic heterocycles. The van der Waals surface area contributed by atoms with Gasteiger partial charge in [-0.05, 0) is 31.6 Å². The van der Waals surface area contributed by atoms with Crippen molar-refractivity contribution in [2.24, 2.45) is 22.6 Å². The minimum absolute atomic E-state index is 0.567. The van der Waals surface area contributed by atoms with Crippen LogP contribution in [0.1, 0.15) is 32.1 Å². The Balaban J connectivity index is 1.60. The van der Waals surface area contributed by atoms with Crippen LogP contribution in [-0.4, -0.2) is 32.3 Å². The molecule has 92 valence electrons. The predicted molar refractivity (Wildman–Crippen MR) is 65.4 cm³/mol. The van der Waals surface area contributed by atoms with Crippen LogP contribution in [0.25, 0.3) is 0 Å². The van der Waals surface area contributed by atoms with Crippen LogP contribution in [0.2, 0.25) is 0 Å². The van der Waals surface area contributed by atoms with Gasteiger partial charge < -0.3 is 15.8 Å². The van der Waals surface area contributed by atoms with Crippen molar-refractivity contribution in [1.29, 1.82) is 0 Å². The highest BCUT2D eigenvalue weighted by molar-refractivity contribution is 5.77. The molecule has 1 aliphatic carbocycles. The fraction of sp³-hybridized carbons (Fsp3) is 0.917. The first kappa shape index (κ1) is 11.7. The highest BCUT2D eigenvalue weighted by Crippen LogP contribution is 2.24. The molecule has 1 atom stereocenters. The van der Waals surface area contributed by atoms with E-state index in [1.54, 1.807) is 0 Å². The summed E-state index contributed by atoms with van der Waals surface area (Å²) < 4.78 is 5.41. The van der Waals surface area contributed by atoms with Gasteiger partial charge in [0.25, 0.3) is 0 Å². The molecule has 3 N–H and O–H groups in total. The van der Waals surface area contributed by atoms with Crippen LogP contribution in [0.15, 0.2) is 4.99 Å². The minimum Gasteiger partial charge on any atom is -0.381 e. The fourth-order valence-corrected chi connectivity index (χ4v) is 2.18. The second kappa shape index (κ2) is 6.09. The number of hydrogen-bond donors (Lipinski definition) is 2. The predicted octanol–water partition coefficient (Wildman–Crippen LogP) is 1.12. The van der Waals surface area contributed by atoms with Gasteiger partial charge in [-0.2, -0.15) is 0 Å². The molecule has 0 amide bonds. The van der Waals surface area contributed by atoms with Crippen LogP contribution in [-0.2, 0) is 4.74 Å². The zero-order valence-corrected chi connectivity index (χ0v) is 9.95. The molecule has 4 heteroatoms. The first-order valence-electron chi connectivity index (χ1n) is 6.46. The molecule has 1 saturated carbocycles. The molecular weight excluding hydrogens is 202 g/mol. The van der Waals surface area contributed by atoms with Crippen LogP contribution in [0.3, 0.4) is 0 Å². The Morgan fingerprint density at radius 1 is 1.25 bits per heavy atom. The zero-order chi connectivity index (χ0) is 11.2. The Kier molecular flexibility index (Phi) is 4.45. The molecule has 0 radical (unpaired) electrons. The van der Waals surface area contributed by atoms with Crippen molar-refractivity contribution in [1.82, 2.24) is 5.32 Å². The van der Waals surface area contributed by atoms with Gasteiger partial charge in [0, 0.05) is 25.6 Å². The van der Waals surface area contributed by atoms with Gasteiger partial charge in [-0.15, -0.1) is 0 Å². The number of ether oxygens (including phenoxy) is 1. The van der Waals surface area contributed by atoms with Crippen LogP contribution in [0.4, 0.5) is 0 Å². The average Bonchev–Trinajstić information content (AvgIpc) is 2.26. The molecule has 0 spiro atoms. The lowest BCUT2D eigenvalue weighted by molar-refractivity contribution is 0.0582. The third-order valence-corrected chi connectivity index (χ3v) is 3.57. The van der Waals surface area contributed by atoms with E-state index in [0.29, 0.717) is 11.9 Å². The molecule has 1 heterocycles. The molecule has 4 nitrogen and oxygen atoms in total. The molecule has 2 fully saturated rings. The molecule has 0 aromatic carbocycles. The number of guanidine groups is 1. The summed E-state index contributed by atoms with van der Waals surface area (Å²) in [7, 11) is 0. The average molecular weight is 225 g/mol. The second-order valence-electron chi connectivity index (χ2n) is 4.99. The van der Waals surface area contributed by atoms with E-state index < -0.39 is 0 Å². The first-order chi connectivity index (χ1) is 7.84. The molecule has 0 aromatic rings. The quantitative estimate of drug-likeness (QED) is 0.557. The topological polar surface area (TPSA) is 59.6 Å². The molecule has 1 unspecified atom stereocenters. The summed E-state index contributed by atoms with van der Waals surface area (Å²) in [6.07, 6.45) is 6.45. The summed E-state index contributed by atoms with van der Waals surface area (Å²) in [4.78, 5) is 4.38. The van der Waals surface area contributed by atoms with E-state index in [4.69, 9.17) is 10.5 Å². The fourth-order valence-electron chi connectivity index (χ4n) is 2.18. The van der Waals surface area contributed by atoms with E-state index in [1.165, 1.54) is 25.7 Å². The van der Waals surface area contributed by atoms with E-state index in [-0.39, 0.29) is 0 Å². The Morgan fingerprint density at radius 2 is 2.06 bits per heavy atom. The number of nitrogens with one attached hydrogen (secondary N) is 1. The van der Waals surface area contributed by atoms with Crippen LogP contribution >= 0.6 is 0 Å². The van der Waals surface area contributed by atoms with E-state index in [9.17, 15) is 0 Å². The van der Waals surface area contributed by atoms with Gasteiger partial charge in [-0.1, -0.05) is 6.42 Å². The van der Waals surface area contributed by atoms with Gasteiger partial charge in [0.15, 0.2) is 5.96 Å². The zero-order valence-electron chi connectivity index (χ0n) is 9.95. The normalized spacial score (nSPS) is 27.5. The summed E-state index contributed by atoms with van der Waals surface area (Å²) in [5, 5.41) is 3.21. The molecule has 1 saturated heterocycles. The molecular formula is C12H23N3O. The number of nitrogens with zero attached hydrogens (tertiary/aromatic N) is 1. The van der Waals surface area contributed by atoms with Crippen LogP contribution in [0.5, 0.6) is 0 Å². The van der Waals surface area contributed by atoms with Crippen molar-refractivity contribution in [3.63, 3.8) is 0 Å². The Morgan fingerprint density at radius 3 is 2.69 bits per heavy atom. The maximum absolute atomic E-state index is 5.82. The third-order valence-electron chi connectivity index (χ3n) is 3.57. The highest BCUT2D eigenvalue weighted by atomic mass is 16.5. The first-order valence-corrected chi connectivity index (χ1v) is 6.46. The molecule has 16 heavy (non-hydrogen) atoms. The lowest BCUT2D eigenvalue weighted by atomic mass is 9.85. The van der Waals surface area contributed by atoms with Gasteiger partial charge in [0.1, 0.15) is 0 Å². The SMILES string of the molecule is NC(=NCC1CCCOC1)NCC1CCC1. The van der Waals surface area contributed by atoms with Crippen molar-refractivity contribution in [3.05, 3.63) is 0 Å². The number of hydrogen-bond acceptors (Lipinski definition) is 2. The van der Waals surface area contributed by atoms with Gasteiger partial charge in [0.05, 0.1) is 6.61 Å². The highest BCUT2D eigenvalue weighted by Gasteiger charge is 2.17. The molecule has 2 rings (SSSR count). The monoisotopic (exact) mass is 225 g/mol. The van der Waals surface area contributed by atoms with Gasteiger partial charge in [0.2, 0.25) is 0 Å². The van der Waals surface area contributed by atoms with Crippen molar-refractivity contribution >= 4 is 5.96 Å². The summed E-state index contributed by atoms with van der Waals surface area (Å²) in [6.45, 7) is 3.56. The standard InChI is InChI=1S/C12H23N3O/c13-12(14-7-10-3-1-4-10)15-8-11-5-2-6-16-9-11/h10-11H,1-9H2,(H3,13,14,15).